The summed E-state index contributed by atoms with van der Waals surface area (Å²) in [6, 6.07) is 3.88. The maximum Gasteiger partial charge on any atom is 0.249 e. The van der Waals surface area contributed by atoms with Crippen molar-refractivity contribution in [3.8, 4) is 0 Å². The molecular weight excluding hydrogens is 264 g/mol. The molecule has 2 amide bonds. The molecule has 19 heavy (non-hydrogen) atoms. The SMILES string of the molecule is CCCCCC(=O)NOCC(=O)NCc1cccs1. The van der Waals surface area contributed by atoms with Crippen molar-refractivity contribution in [2.24, 2.45) is 0 Å². The summed E-state index contributed by atoms with van der Waals surface area (Å²) < 4.78 is 0. The van der Waals surface area contributed by atoms with Crippen molar-refractivity contribution in [2.75, 3.05) is 6.61 Å². The Labute approximate surface area is 117 Å². The average Bonchev–Trinajstić information content (AvgIpc) is 2.90. The van der Waals surface area contributed by atoms with Crippen LogP contribution in [0, 0.1) is 0 Å². The molecule has 0 spiro atoms. The van der Waals surface area contributed by atoms with Crippen LogP contribution in [0.3, 0.4) is 0 Å². The molecule has 0 saturated carbocycles. The van der Waals surface area contributed by atoms with Gasteiger partial charge in [-0.3, -0.25) is 14.4 Å². The Hall–Kier alpha value is -1.40. The smallest absolute Gasteiger partial charge is 0.249 e. The van der Waals surface area contributed by atoms with Crippen LogP contribution in [0.1, 0.15) is 37.5 Å². The molecule has 0 atom stereocenters. The van der Waals surface area contributed by atoms with E-state index in [0.717, 1.165) is 24.1 Å². The van der Waals surface area contributed by atoms with Crippen LogP contribution in [-0.2, 0) is 21.0 Å². The molecule has 0 radical (unpaired) electrons. The van der Waals surface area contributed by atoms with E-state index in [1.165, 1.54) is 0 Å². The third-order valence-corrected chi connectivity index (χ3v) is 3.31. The Morgan fingerprint density at radius 2 is 2.16 bits per heavy atom. The highest BCUT2D eigenvalue weighted by atomic mass is 32.1. The first kappa shape index (κ1) is 15.7. The van der Waals surface area contributed by atoms with E-state index in [0.29, 0.717) is 13.0 Å². The molecule has 0 aromatic carbocycles. The van der Waals surface area contributed by atoms with Crippen molar-refractivity contribution in [1.29, 1.82) is 0 Å². The van der Waals surface area contributed by atoms with Crippen molar-refractivity contribution in [3.05, 3.63) is 22.4 Å². The van der Waals surface area contributed by atoms with E-state index in [9.17, 15) is 9.59 Å². The number of unbranched alkanes of at least 4 members (excludes halogenated alkanes) is 2. The zero-order valence-corrected chi connectivity index (χ0v) is 11.9. The van der Waals surface area contributed by atoms with Gasteiger partial charge in [0.15, 0.2) is 6.61 Å². The fourth-order valence-corrected chi connectivity index (χ4v) is 2.06. The van der Waals surface area contributed by atoms with E-state index in [1.807, 2.05) is 17.5 Å². The Balaban J connectivity index is 2.02. The van der Waals surface area contributed by atoms with Crippen molar-refractivity contribution >= 4 is 23.2 Å². The normalized spacial score (nSPS) is 10.2. The van der Waals surface area contributed by atoms with Crippen LogP contribution in [0.5, 0.6) is 0 Å². The lowest BCUT2D eigenvalue weighted by Gasteiger charge is -2.06. The van der Waals surface area contributed by atoms with Crippen LogP contribution in [0.2, 0.25) is 0 Å². The number of carbonyl (C=O) groups is 2. The second kappa shape index (κ2) is 9.52. The van der Waals surface area contributed by atoms with Crippen LogP contribution in [0.4, 0.5) is 0 Å². The van der Waals surface area contributed by atoms with Gasteiger partial charge < -0.3 is 5.32 Å². The van der Waals surface area contributed by atoms with Crippen LogP contribution in [-0.4, -0.2) is 18.4 Å². The number of hydrogen-bond acceptors (Lipinski definition) is 4. The average molecular weight is 284 g/mol. The van der Waals surface area contributed by atoms with Gasteiger partial charge in [0.1, 0.15) is 0 Å². The van der Waals surface area contributed by atoms with E-state index in [2.05, 4.69) is 17.7 Å². The maximum absolute atomic E-state index is 11.4. The van der Waals surface area contributed by atoms with E-state index < -0.39 is 0 Å². The summed E-state index contributed by atoms with van der Waals surface area (Å²) >= 11 is 1.58. The first-order valence-corrected chi connectivity index (χ1v) is 7.30. The molecule has 106 valence electrons. The molecule has 1 aromatic rings. The molecule has 0 aliphatic heterocycles. The lowest BCUT2D eigenvalue weighted by molar-refractivity contribution is -0.139. The molecule has 5 nitrogen and oxygen atoms in total. The lowest BCUT2D eigenvalue weighted by atomic mass is 10.2. The van der Waals surface area contributed by atoms with Crippen LogP contribution in [0.15, 0.2) is 17.5 Å². The molecule has 1 rings (SSSR count). The summed E-state index contributed by atoms with van der Waals surface area (Å²) in [6.07, 6.45) is 3.37. The summed E-state index contributed by atoms with van der Waals surface area (Å²) in [7, 11) is 0. The maximum atomic E-state index is 11.4. The molecule has 0 fully saturated rings. The van der Waals surface area contributed by atoms with Crippen molar-refractivity contribution < 1.29 is 14.4 Å². The Morgan fingerprint density at radius 1 is 1.32 bits per heavy atom. The topological polar surface area (TPSA) is 67.4 Å². The molecule has 6 heteroatoms. The number of nitrogens with one attached hydrogen (secondary N) is 2. The van der Waals surface area contributed by atoms with Crippen LogP contribution < -0.4 is 10.8 Å². The van der Waals surface area contributed by atoms with Crippen molar-refractivity contribution in [3.63, 3.8) is 0 Å². The van der Waals surface area contributed by atoms with Gasteiger partial charge in [-0.1, -0.05) is 25.8 Å². The summed E-state index contributed by atoms with van der Waals surface area (Å²) in [5, 5.41) is 4.66. The third kappa shape index (κ3) is 7.58. The monoisotopic (exact) mass is 284 g/mol. The second-order valence-corrected chi connectivity index (χ2v) is 5.16. The summed E-state index contributed by atoms with van der Waals surface area (Å²) in [4.78, 5) is 28.6. The lowest BCUT2D eigenvalue weighted by Crippen LogP contribution is -2.32. The van der Waals surface area contributed by atoms with Crippen molar-refractivity contribution in [2.45, 2.75) is 39.2 Å². The summed E-state index contributed by atoms with van der Waals surface area (Å²) in [6.45, 7) is 2.40. The number of thiophene rings is 1. The van der Waals surface area contributed by atoms with Gasteiger partial charge in [-0.25, -0.2) is 5.48 Å². The second-order valence-electron chi connectivity index (χ2n) is 4.13. The van der Waals surface area contributed by atoms with E-state index in [-0.39, 0.29) is 18.4 Å². The standard InChI is InChI=1S/C13H20N2O3S/c1-2-3-4-7-12(16)15-18-10-13(17)14-9-11-6-5-8-19-11/h5-6,8H,2-4,7,9-10H2,1H3,(H,14,17)(H,15,16). The Kier molecular flexibility index (Phi) is 7.84. The zero-order valence-electron chi connectivity index (χ0n) is 11.1. The molecule has 1 aromatic heterocycles. The first-order valence-electron chi connectivity index (χ1n) is 6.42. The van der Waals surface area contributed by atoms with E-state index >= 15 is 0 Å². The highest BCUT2D eigenvalue weighted by molar-refractivity contribution is 7.09. The Bertz CT molecular complexity index is 379. The van der Waals surface area contributed by atoms with Gasteiger partial charge in [0.05, 0.1) is 6.54 Å². The summed E-state index contributed by atoms with van der Waals surface area (Å²) in [5.74, 6) is -0.429. The van der Waals surface area contributed by atoms with Crippen LogP contribution in [0.25, 0.3) is 0 Å². The highest BCUT2D eigenvalue weighted by Gasteiger charge is 2.04. The van der Waals surface area contributed by atoms with Gasteiger partial charge in [0.2, 0.25) is 11.8 Å². The molecular formula is C13H20N2O3S. The van der Waals surface area contributed by atoms with Crippen LogP contribution >= 0.6 is 11.3 Å². The number of hydrogen-bond donors (Lipinski definition) is 2. The summed E-state index contributed by atoms with van der Waals surface area (Å²) in [5.41, 5.74) is 2.27. The molecule has 0 saturated heterocycles. The van der Waals surface area contributed by atoms with Gasteiger partial charge in [-0.2, -0.15) is 0 Å². The number of amides is 2. The molecule has 0 aliphatic carbocycles. The minimum absolute atomic E-state index is 0.162. The van der Waals surface area contributed by atoms with Gasteiger partial charge in [-0.05, 0) is 17.9 Å². The predicted molar refractivity (Wildman–Crippen MR) is 74.4 cm³/mol. The minimum Gasteiger partial charge on any atom is -0.349 e. The number of rotatable bonds is 9. The number of carbonyl (C=O) groups excluding carboxylic acids is 2. The fraction of sp³-hybridized carbons (Fsp3) is 0.538. The Morgan fingerprint density at radius 3 is 2.84 bits per heavy atom. The van der Waals surface area contributed by atoms with Gasteiger partial charge in [-0.15, -0.1) is 11.3 Å². The molecule has 2 N–H and O–H groups in total. The fourth-order valence-electron chi connectivity index (χ4n) is 1.42. The minimum atomic E-state index is -0.248. The van der Waals surface area contributed by atoms with Crippen molar-refractivity contribution in [1.82, 2.24) is 10.8 Å². The zero-order chi connectivity index (χ0) is 13.9. The third-order valence-electron chi connectivity index (χ3n) is 2.44. The molecule has 0 aliphatic rings. The molecule has 1 heterocycles. The highest BCUT2D eigenvalue weighted by Crippen LogP contribution is 2.07. The van der Waals surface area contributed by atoms with Gasteiger partial charge in [0, 0.05) is 11.3 Å². The van der Waals surface area contributed by atoms with E-state index in [1.54, 1.807) is 11.3 Å². The molecule has 0 bridgehead atoms. The quantitative estimate of drug-likeness (QED) is 0.538. The first-order chi connectivity index (χ1) is 9.22. The van der Waals surface area contributed by atoms with E-state index in [4.69, 9.17) is 4.84 Å². The molecule has 0 unspecified atom stereocenters. The number of hydroxylamine groups is 1. The van der Waals surface area contributed by atoms with Gasteiger partial charge >= 0.3 is 0 Å². The predicted octanol–water partition coefficient (Wildman–Crippen LogP) is 1.99. The van der Waals surface area contributed by atoms with Gasteiger partial charge in [0.25, 0.3) is 0 Å². The largest absolute Gasteiger partial charge is 0.349 e.